The number of benzene rings is 2. The molecule has 0 amide bonds. The average molecular weight is 383 g/mol. The average Bonchev–Trinajstić information content (AvgIpc) is 2.62. The Morgan fingerprint density at radius 2 is 1.54 bits per heavy atom. The summed E-state index contributed by atoms with van der Waals surface area (Å²) < 4.78 is 0. The van der Waals surface area contributed by atoms with Gasteiger partial charge in [-0.3, -0.25) is 14.9 Å². The van der Waals surface area contributed by atoms with Gasteiger partial charge in [-0.1, -0.05) is 6.08 Å². The summed E-state index contributed by atoms with van der Waals surface area (Å²) in [6, 6.07) is 9.39. The van der Waals surface area contributed by atoms with Gasteiger partial charge in [-0.15, -0.1) is 0 Å². The number of hydrogen-bond acceptors (Lipinski definition) is 6. The number of aromatic hydroxyl groups is 1. The van der Waals surface area contributed by atoms with Crippen LogP contribution in [-0.4, -0.2) is 53.8 Å². The molecule has 7 nitrogen and oxygen atoms in total. The minimum atomic E-state index is -0.465. The summed E-state index contributed by atoms with van der Waals surface area (Å²) in [5.74, 6) is 0.0108. The third-order valence-corrected chi connectivity index (χ3v) is 4.06. The molecule has 0 saturated heterocycles. The van der Waals surface area contributed by atoms with E-state index in [1.807, 2.05) is 38.0 Å². The largest absolute Gasteiger partial charge is 0.507 e. The van der Waals surface area contributed by atoms with Crippen LogP contribution in [0.15, 0.2) is 42.5 Å². The van der Waals surface area contributed by atoms with Crippen molar-refractivity contribution in [1.29, 1.82) is 0 Å². The van der Waals surface area contributed by atoms with Crippen LogP contribution in [0.25, 0.3) is 6.08 Å². The molecule has 0 unspecified atom stereocenters. The highest BCUT2D eigenvalue weighted by Gasteiger charge is 2.14. The second kappa shape index (κ2) is 9.25. The van der Waals surface area contributed by atoms with Gasteiger partial charge in [-0.05, 0) is 64.1 Å². The lowest BCUT2D eigenvalue weighted by Crippen LogP contribution is -2.15. The van der Waals surface area contributed by atoms with Gasteiger partial charge in [0, 0.05) is 41.9 Å². The standard InChI is InChI=1S/C21H25N3O4/c1-22(2)13-17-11-16(12-18(21(17)26)14-23(3)4)20(25)10-7-15-5-8-19(9-6-15)24(27)28/h5-12,26H,13-14H2,1-4H3/b10-7+. The van der Waals surface area contributed by atoms with Gasteiger partial charge in [-0.2, -0.15) is 0 Å². The predicted molar refractivity (Wildman–Crippen MR) is 109 cm³/mol. The number of rotatable bonds is 8. The van der Waals surface area contributed by atoms with Crippen LogP contribution in [0.5, 0.6) is 5.75 Å². The summed E-state index contributed by atoms with van der Waals surface area (Å²) in [5.41, 5.74) is 2.57. The van der Waals surface area contributed by atoms with Crippen LogP contribution < -0.4 is 0 Å². The van der Waals surface area contributed by atoms with E-state index in [0.29, 0.717) is 35.3 Å². The van der Waals surface area contributed by atoms with Gasteiger partial charge in [-0.25, -0.2) is 0 Å². The molecule has 0 spiro atoms. The minimum Gasteiger partial charge on any atom is -0.507 e. The van der Waals surface area contributed by atoms with Crippen molar-refractivity contribution in [2.45, 2.75) is 13.1 Å². The van der Waals surface area contributed by atoms with Gasteiger partial charge < -0.3 is 14.9 Å². The van der Waals surface area contributed by atoms with E-state index in [9.17, 15) is 20.0 Å². The number of phenols is 1. The summed E-state index contributed by atoms with van der Waals surface area (Å²) in [6.07, 6.45) is 3.06. The maximum atomic E-state index is 12.7. The van der Waals surface area contributed by atoms with Crippen molar-refractivity contribution >= 4 is 17.5 Å². The number of phenolic OH excluding ortho intramolecular Hbond substituents is 1. The summed E-state index contributed by atoms with van der Waals surface area (Å²) in [7, 11) is 7.59. The van der Waals surface area contributed by atoms with Crippen LogP contribution >= 0.6 is 0 Å². The monoisotopic (exact) mass is 383 g/mol. The summed E-state index contributed by atoms with van der Waals surface area (Å²) in [6.45, 7) is 1.03. The molecule has 2 aromatic carbocycles. The third-order valence-electron chi connectivity index (χ3n) is 4.06. The fourth-order valence-corrected chi connectivity index (χ4v) is 2.80. The van der Waals surface area contributed by atoms with Crippen LogP contribution in [0.1, 0.15) is 27.0 Å². The number of hydrogen-bond donors (Lipinski definition) is 1. The van der Waals surface area contributed by atoms with E-state index in [1.54, 1.807) is 30.3 Å². The van der Waals surface area contributed by atoms with E-state index in [2.05, 4.69) is 0 Å². The van der Waals surface area contributed by atoms with Crippen molar-refractivity contribution < 1.29 is 14.8 Å². The minimum absolute atomic E-state index is 0.00339. The van der Waals surface area contributed by atoms with Crippen molar-refractivity contribution in [3.63, 3.8) is 0 Å². The molecular formula is C21H25N3O4. The number of allylic oxidation sites excluding steroid dienone is 1. The molecule has 0 atom stereocenters. The Kier molecular flexibility index (Phi) is 7.03. The lowest BCUT2D eigenvalue weighted by Gasteiger charge is -2.17. The number of ketones is 1. The van der Waals surface area contributed by atoms with Crippen molar-refractivity contribution in [2.24, 2.45) is 0 Å². The van der Waals surface area contributed by atoms with Gasteiger partial charge in [0.2, 0.25) is 0 Å². The molecule has 7 heteroatoms. The van der Waals surface area contributed by atoms with Crippen LogP contribution in [-0.2, 0) is 13.1 Å². The normalized spacial score (nSPS) is 11.5. The number of carbonyl (C=O) groups is 1. The third kappa shape index (κ3) is 5.73. The SMILES string of the molecule is CN(C)Cc1cc(C(=O)/C=C/c2ccc([N+](=O)[O-])cc2)cc(CN(C)C)c1O. The Bertz CT molecular complexity index is 856. The smallest absolute Gasteiger partial charge is 0.269 e. The topological polar surface area (TPSA) is 86.9 Å². The zero-order chi connectivity index (χ0) is 20.8. The zero-order valence-corrected chi connectivity index (χ0v) is 16.5. The number of nitro groups is 1. The lowest BCUT2D eigenvalue weighted by molar-refractivity contribution is -0.384. The number of carbonyl (C=O) groups excluding carboxylic acids is 1. The molecule has 0 bridgehead atoms. The second-order valence-corrected chi connectivity index (χ2v) is 7.16. The highest BCUT2D eigenvalue weighted by Crippen LogP contribution is 2.27. The Labute approximate surface area is 164 Å². The van der Waals surface area contributed by atoms with Crippen molar-refractivity contribution in [1.82, 2.24) is 9.80 Å². The van der Waals surface area contributed by atoms with Crippen LogP contribution in [0, 0.1) is 10.1 Å². The van der Waals surface area contributed by atoms with E-state index in [4.69, 9.17) is 0 Å². The molecule has 0 aliphatic heterocycles. The first kappa shape index (κ1) is 21.3. The maximum Gasteiger partial charge on any atom is 0.269 e. The zero-order valence-electron chi connectivity index (χ0n) is 16.5. The molecule has 28 heavy (non-hydrogen) atoms. The molecule has 0 aromatic heterocycles. The van der Waals surface area contributed by atoms with Gasteiger partial charge in [0.15, 0.2) is 5.78 Å². The first-order valence-corrected chi connectivity index (χ1v) is 8.78. The van der Waals surface area contributed by atoms with Crippen LogP contribution in [0.4, 0.5) is 5.69 Å². The molecule has 0 saturated carbocycles. The van der Waals surface area contributed by atoms with E-state index < -0.39 is 4.92 Å². The van der Waals surface area contributed by atoms with Crippen molar-refractivity contribution in [2.75, 3.05) is 28.2 Å². The number of non-ortho nitro benzene ring substituents is 1. The van der Waals surface area contributed by atoms with Gasteiger partial charge in [0.25, 0.3) is 5.69 Å². The Hall–Kier alpha value is -3.03. The molecule has 148 valence electrons. The maximum absolute atomic E-state index is 12.7. The molecule has 0 fully saturated rings. The molecule has 0 heterocycles. The highest BCUT2D eigenvalue weighted by atomic mass is 16.6. The van der Waals surface area contributed by atoms with Crippen molar-refractivity contribution in [3.05, 3.63) is 74.8 Å². The highest BCUT2D eigenvalue weighted by molar-refractivity contribution is 6.07. The molecule has 1 N–H and O–H groups in total. The van der Waals surface area contributed by atoms with E-state index in [1.165, 1.54) is 18.2 Å². The van der Waals surface area contributed by atoms with E-state index in [-0.39, 0.29) is 17.2 Å². The summed E-state index contributed by atoms with van der Waals surface area (Å²) in [4.78, 5) is 26.8. The number of nitrogens with zero attached hydrogens (tertiary/aromatic N) is 3. The van der Waals surface area contributed by atoms with Crippen LogP contribution in [0.2, 0.25) is 0 Å². The molecule has 0 radical (unpaired) electrons. The molecular weight excluding hydrogens is 358 g/mol. The second-order valence-electron chi connectivity index (χ2n) is 7.16. The Balaban J connectivity index is 2.31. The molecule has 2 rings (SSSR count). The van der Waals surface area contributed by atoms with E-state index in [0.717, 1.165) is 0 Å². The summed E-state index contributed by atoms with van der Waals surface area (Å²) >= 11 is 0. The Morgan fingerprint density at radius 3 is 1.96 bits per heavy atom. The fourth-order valence-electron chi connectivity index (χ4n) is 2.80. The lowest BCUT2D eigenvalue weighted by atomic mass is 10.00. The first-order valence-electron chi connectivity index (χ1n) is 8.78. The molecule has 0 aliphatic rings. The molecule has 0 aliphatic carbocycles. The predicted octanol–water partition coefficient (Wildman–Crippen LogP) is 3.32. The first-order chi connectivity index (χ1) is 13.2. The van der Waals surface area contributed by atoms with Gasteiger partial charge in [0.1, 0.15) is 5.75 Å². The van der Waals surface area contributed by atoms with Crippen molar-refractivity contribution in [3.8, 4) is 5.75 Å². The quantitative estimate of drug-likeness (QED) is 0.326. The Morgan fingerprint density at radius 1 is 1.04 bits per heavy atom. The fraction of sp³-hybridized carbons (Fsp3) is 0.286. The number of nitro benzene ring substituents is 1. The molecule has 2 aromatic rings. The van der Waals surface area contributed by atoms with Crippen LogP contribution in [0.3, 0.4) is 0 Å². The van der Waals surface area contributed by atoms with Gasteiger partial charge >= 0.3 is 0 Å². The summed E-state index contributed by atoms with van der Waals surface area (Å²) in [5, 5.41) is 21.2. The van der Waals surface area contributed by atoms with Gasteiger partial charge in [0.05, 0.1) is 4.92 Å². The van der Waals surface area contributed by atoms with E-state index >= 15 is 0 Å².